The Balaban J connectivity index is 1.96. The van der Waals surface area contributed by atoms with Gasteiger partial charge in [0.1, 0.15) is 11.6 Å². The topological polar surface area (TPSA) is 12.0 Å². The first kappa shape index (κ1) is 15.2. The quantitative estimate of drug-likeness (QED) is 0.794. The van der Waals surface area contributed by atoms with Gasteiger partial charge in [-0.25, -0.2) is 8.78 Å². The summed E-state index contributed by atoms with van der Waals surface area (Å²) in [7, 11) is 0. The van der Waals surface area contributed by atoms with Gasteiger partial charge in [-0.1, -0.05) is 24.6 Å². The van der Waals surface area contributed by atoms with Crippen molar-refractivity contribution in [3.63, 3.8) is 0 Å². The lowest BCUT2D eigenvalue weighted by Gasteiger charge is -2.27. The molecule has 1 nitrogen and oxygen atoms in total. The third kappa shape index (κ3) is 3.66. The molecule has 0 aliphatic heterocycles. The van der Waals surface area contributed by atoms with E-state index >= 15 is 0 Å². The second-order valence-electron chi connectivity index (χ2n) is 6.06. The van der Waals surface area contributed by atoms with Gasteiger partial charge in [-0.05, 0) is 57.2 Å². The van der Waals surface area contributed by atoms with Crippen molar-refractivity contribution >= 4 is 0 Å². The van der Waals surface area contributed by atoms with Crippen LogP contribution in [0.1, 0.15) is 45.2 Å². The zero-order valence-corrected chi connectivity index (χ0v) is 12.4. The summed E-state index contributed by atoms with van der Waals surface area (Å²) in [6.07, 6.45) is 4.52. The summed E-state index contributed by atoms with van der Waals surface area (Å²) in [6.45, 7) is 6.99. The lowest BCUT2D eigenvalue weighted by molar-refractivity contribution is 0.361. The molecule has 1 aliphatic carbocycles. The van der Waals surface area contributed by atoms with Gasteiger partial charge in [0.25, 0.3) is 0 Å². The minimum absolute atomic E-state index is 0.142. The Bertz CT molecular complexity index is 476. The minimum atomic E-state index is -0.474. The highest BCUT2D eigenvalue weighted by molar-refractivity contribution is 5.22. The van der Waals surface area contributed by atoms with Crippen LogP contribution in [-0.2, 0) is 0 Å². The molecule has 2 rings (SSSR count). The molecular formula is C17H23F2N. The van der Waals surface area contributed by atoms with Crippen LogP contribution in [0.3, 0.4) is 0 Å². The van der Waals surface area contributed by atoms with Gasteiger partial charge < -0.3 is 5.32 Å². The van der Waals surface area contributed by atoms with Crippen LogP contribution < -0.4 is 5.32 Å². The third-order valence-electron chi connectivity index (χ3n) is 4.03. The van der Waals surface area contributed by atoms with Crippen LogP contribution in [-0.4, -0.2) is 6.54 Å². The summed E-state index contributed by atoms with van der Waals surface area (Å²) < 4.78 is 27.4. The van der Waals surface area contributed by atoms with Crippen molar-refractivity contribution in [3.05, 3.63) is 47.0 Å². The second kappa shape index (κ2) is 6.49. The Morgan fingerprint density at radius 3 is 2.55 bits per heavy atom. The molecule has 0 aromatic heterocycles. The predicted molar refractivity (Wildman–Crippen MR) is 78.4 cm³/mol. The molecular weight excluding hydrogens is 256 g/mol. The summed E-state index contributed by atoms with van der Waals surface area (Å²) in [5.74, 6) is 0.194. The zero-order chi connectivity index (χ0) is 14.7. The number of allylic oxidation sites excluding steroid dienone is 2. The number of hydrogen-bond donors (Lipinski definition) is 1. The number of benzene rings is 1. The molecule has 0 amide bonds. The van der Waals surface area contributed by atoms with Gasteiger partial charge in [0, 0.05) is 11.6 Å². The molecule has 20 heavy (non-hydrogen) atoms. The molecule has 0 spiro atoms. The highest BCUT2D eigenvalue weighted by atomic mass is 19.1. The van der Waals surface area contributed by atoms with Gasteiger partial charge in [-0.2, -0.15) is 0 Å². The van der Waals surface area contributed by atoms with E-state index < -0.39 is 11.6 Å². The van der Waals surface area contributed by atoms with Crippen LogP contribution in [0.15, 0.2) is 29.8 Å². The van der Waals surface area contributed by atoms with Crippen molar-refractivity contribution in [3.8, 4) is 0 Å². The summed E-state index contributed by atoms with van der Waals surface area (Å²) in [5.41, 5.74) is 1.56. The maximum Gasteiger partial charge on any atom is 0.130 e. The van der Waals surface area contributed by atoms with Crippen LogP contribution in [0, 0.1) is 23.5 Å². The zero-order valence-electron chi connectivity index (χ0n) is 12.4. The van der Waals surface area contributed by atoms with Crippen molar-refractivity contribution in [2.24, 2.45) is 11.8 Å². The van der Waals surface area contributed by atoms with E-state index in [-0.39, 0.29) is 11.6 Å². The van der Waals surface area contributed by atoms with E-state index in [1.54, 1.807) is 0 Å². The lowest BCUT2D eigenvalue weighted by Crippen LogP contribution is -2.29. The molecule has 0 saturated carbocycles. The maximum atomic E-state index is 13.7. The molecule has 0 radical (unpaired) electrons. The van der Waals surface area contributed by atoms with Crippen molar-refractivity contribution in [1.29, 1.82) is 0 Å². The van der Waals surface area contributed by atoms with Crippen molar-refractivity contribution in [2.75, 3.05) is 6.54 Å². The molecule has 0 heterocycles. The number of hydrogen-bond acceptors (Lipinski definition) is 1. The fourth-order valence-electron chi connectivity index (χ4n) is 3.21. The molecule has 1 aromatic carbocycles. The molecule has 110 valence electrons. The predicted octanol–water partition coefficient (Wildman–Crippen LogP) is 4.61. The van der Waals surface area contributed by atoms with E-state index in [1.165, 1.54) is 23.8 Å². The SMILES string of the molecule is CC1=CC(C)CC(CNC(C)c2c(F)cccc2F)C1. The van der Waals surface area contributed by atoms with E-state index in [1.807, 2.05) is 6.92 Å². The Labute approximate surface area is 120 Å². The second-order valence-corrected chi connectivity index (χ2v) is 6.06. The van der Waals surface area contributed by atoms with Gasteiger partial charge in [-0.3, -0.25) is 0 Å². The number of rotatable bonds is 4. The Hall–Kier alpha value is -1.22. The average Bonchev–Trinajstić information content (AvgIpc) is 2.35. The lowest BCUT2D eigenvalue weighted by atomic mass is 9.83. The van der Waals surface area contributed by atoms with Crippen molar-refractivity contribution < 1.29 is 8.78 Å². The van der Waals surface area contributed by atoms with Crippen LogP contribution in [0.4, 0.5) is 8.78 Å². The van der Waals surface area contributed by atoms with Gasteiger partial charge >= 0.3 is 0 Å². The molecule has 1 aliphatic rings. The Kier molecular flexibility index (Phi) is 4.92. The first-order valence-electron chi connectivity index (χ1n) is 7.32. The van der Waals surface area contributed by atoms with Gasteiger partial charge in [0.2, 0.25) is 0 Å². The highest BCUT2D eigenvalue weighted by Crippen LogP contribution is 2.28. The average molecular weight is 279 g/mol. The van der Waals surface area contributed by atoms with Gasteiger partial charge in [0.15, 0.2) is 0 Å². The fourth-order valence-corrected chi connectivity index (χ4v) is 3.21. The van der Waals surface area contributed by atoms with E-state index in [0.29, 0.717) is 11.8 Å². The molecule has 0 fully saturated rings. The molecule has 1 N–H and O–H groups in total. The van der Waals surface area contributed by atoms with Crippen molar-refractivity contribution in [1.82, 2.24) is 5.32 Å². The first-order chi connectivity index (χ1) is 9.47. The molecule has 3 atom stereocenters. The van der Waals surface area contributed by atoms with Gasteiger partial charge in [0.05, 0.1) is 0 Å². The van der Waals surface area contributed by atoms with Crippen LogP contribution in [0.5, 0.6) is 0 Å². The van der Waals surface area contributed by atoms with Crippen LogP contribution >= 0.6 is 0 Å². The van der Waals surface area contributed by atoms with E-state index in [9.17, 15) is 8.78 Å². The summed E-state index contributed by atoms with van der Waals surface area (Å²) in [4.78, 5) is 0. The standard InChI is InChI=1S/C17H23F2N/c1-11-7-12(2)9-14(8-11)10-20-13(3)17-15(18)5-4-6-16(17)19/h4-7,11,13-14,20H,8-10H2,1-3H3. The van der Waals surface area contributed by atoms with Crippen LogP contribution in [0.2, 0.25) is 0 Å². The van der Waals surface area contributed by atoms with E-state index in [0.717, 1.165) is 19.4 Å². The summed E-state index contributed by atoms with van der Waals surface area (Å²) in [6, 6.07) is 3.72. The van der Waals surface area contributed by atoms with E-state index in [2.05, 4.69) is 25.2 Å². The Morgan fingerprint density at radius 1 is 1.30 bits per heavy atom. The summed E-state index contributed by atoms with van der Waals surface area (Å²) >= 11 is 0. The molecule has 1 aromatic rings. The minimum Gasteiger partial charge on any atom is -0.310 e. The smallest absolute Gasteiger partial charge is 0.130 e. The van der Waals surface area contributed by atoms with Gasteiger partial charge in [-0.15, -0.1) is 0 Å². The van der Waals surface area contributed by atoms with Crippen molar-refractivity contribution in [2.45, 2.75) is 39.7 Å². The summed E-state index contributed by atoms with van der Waals surface area (Å²) in [5, 5.41) is 3.28. The van der Waals surface area contributed by atoms with E-state index in [4.69, 9.17) is 0 Å². The number of nitrogens with one attached hydrogen (secondary N) is 1. The first-order valence-corrected chi connectivity index (χ1v) is 7.32. The molecule has 0 saturated heterocycles. The number of halogens is 2. The normalized spacial score (nSPS) is 24.4. The molecule has 0 bridgehead atoms. The molecule has 3 unspecified atom stereocenters. The van der Waals surface area contributed by atoms with Crippen LogP contribution in [0.25, 0.3) is 0 Å². The largest absolute Gasteiger partial charge is 0.310 e. The fraction of sp³-hybridized carbons (Fsp3) is 0.529. The monoisotopic (exact) mass is 279 g/mol. The molecule has 3 heteroatoms. The maximum absolute atomic E-state index is 13.7. The Morgan fingerprint density at radius 2 is 1.95 bits per heavy atom. The highest BCUT2D eigenvalue weighted by Gasteiger charge is 2.20. The third-order valence-corrected chi connectivity index (χ3v) is 4.03.